The van der Waals surface area contributed by atoms with Crippen molar-refractivity contribution in [2.45, 2.75) is 26.3 Å². The Kier molecular flexibility index (Phi) is 5.93. The molecule has 0 aliphatic heterocycles. The maximum absolute atomic E-state index is 11.0. The molecule has 0 fully saturated rings. The van der Waals surface area contributed by atoms with Crippen LogP contribution in [-0.2, 0) is 9.53 Å². The van der Waals surface area contributed by atoms with Crippen molar-refractivity contribution in [3.05, 3.63) is 0 Å². The van der Waals surface area contributed by atoms with E-state index in [9.17, 15) is 4.79 Å². The summed E-state index contributed by atoms with van der Waals surface area (Å²) in [5.41, 5.74) is 0. The molecule has 0 heterocycles. The highest BCUT2D eigenvalue weighted by molar-refractivity contribution is 5.70. The lowest BCUT2D eigenvalue weighted by molar-refractivity contribution is -0.143. The van der Waals surface area contributed by atoms with Crippen LogP contribution in [0.15, 0.2) is 4.99 Å². The molecule has 1 unspecified atom stereocenters. The van der Waals surface area contributed by atoms with Crippen LogP contribution >= 0.6 is 0 Å². The monoisotopic (exact) mass is 186 g/mol. The van der Waals surface area contributed by atoms with Gasteiger partial charge in [-0.05, 0) is 13.8 Å². The lowest BCUT2D eigenvalue weighted by Crippen LogP contribution is -2.14. The Morgan fingerprint density at radius 1 is 1.62 bits per heavy atom. The second-order valence-corrected chi connectivity index (χ2v) is 3.09. The molecule has 0 saturated carbocycles. The van der Waals surface area contributed by atoms with E-state index < -0.39 is 0 Å². The number of nitrogens with zero attached hydrogens (tertiary/aromatic N) is 2. The molecule has 0 amide bonds. The second kappa shape index (κ2) is 6.46. The smallest absolute Gasteiger partial charge is 0.307 e. The van der Waals surface area contributed by atoms with Gasteiger partial charge in [-0.1, -0.05) is 0 Å². The molecule has 0 aliphatic rings. The Labute approximate surface area is 79.6 Å². The summed E-state index contributed by atoms with van der Waals surface area (Å²) < 4.78 is 4.79. The van der Waals surface area contributed by atoms with Gasteiger partial charge in [0.1, 0.15) is 0 Å². The van der Waals surface area contributed by atoms with E-state index in [0.717, 1.165) is 0 Å². The van der Waals surface area contributed by atoms with Crippen molar-refractivity contribution >= 4 is 12.3 Å². The minimum Gasteiger partial charge on any atom is -0.466 e. The Morgan fingerprint density at radius 3 is 2.69 bits per heavy atom. The molecule has 0 radical (unpaired) electrons. The van der Waals surface area contributed by atoms with E-state index in [-0.39, 0.29) is 12.0 Å². The summed E-state index contributed by atoms with van der Waals surface area (Å²) in [6.07, 6.45) is 2.04. The molecule has 76 valence electrons. The van der Waals surface area contributed by atoms with E-state index in [1.54, 1.807) is 13.3 Å². The minimum absolute atomic E-state index is 0.0125. The SMILES string of the molecule is CCOC(=O)CC(C)N=CN(C)C. The van der Waals surface area contributed by atoms with Crippen molar-refractivity contribution in [3.8, 4) is 0 Å². The Bertz CT molecular complexity index is 178. The predicted octanol–water partition coefficient (Wildman–Crippen LogP) is 0.918. The van der Waals surface area contributed by atoms with Crippen LogP contribution in [0.25, 0.3) is 0 Å². The fourth-order valence-electron chi connectivity index (χ4n) is 0.761. The van der Waals surface area contributed by atoms with Gasteiger partial charge in [0, 0.05) is 14.1 Å². The van der Waals surface area contributed by atoms with Gasteiger partial charge in [-0.2, -0.15) is 0 Å². The largest absolute Gasteiger partial charge is 0.466 e. The van der Waals surface area contributed by atoms with Crippen LogP contribution < -0.4 is 0 Å². The van der Waals surface area contributed by atoms with Gasteiger partial charge in [-0.25, -0.2) is 0 Å². The molecule has 4 nitrogen and oxygen atoms in total. The number of ether oxygens (including phenoxy) is 1. The quantitative estimate of drug-likeness (QED) is 0.364. The Balaban J connectivity index is 3.73. The first-order valence-corrected chi connectivity index (χ1v) is 4.41. The molecular weight excluding hydrogens is 168 g/mol. The van der Waals surface area contributed by atoms with E-state index in [0.29, 0.717) is 13.0 Å². The molecule has 0 spiro atoms. The number of esters is 1. The van der Waals surface area contributed by atoms with Crippen LogP contribution in [0.1, 0.15) is 20.3 Å². The summed E-state index contributed by atoms with van der Waals surface area (Å²) in [5.74, 6) is -0.189. The first kappa shape index (κ1) is 11.9. The standard InChI is InChI=1S/C9H18N2O2/c1-5-13-9(12)6-8(2)10-7-11(3)4/h7-8H,5-6H2,1-4H3. The van der Waals surface area contributed by atoms with Gasteiger partial charge in [-0.3, -0.25) is 9.79 Å². The van der Waals surface area contributed by atoms with Crippen LogP contribution in [0.5, 0.6) is 0 Å². The van der Waals surface area contributed by atoms with Crippen molar-refractivity contribution in [3.63, 3.8) is 0 Å². The summed E-state index contributed by atoms with van der Waals surface area (Å²) in [6.45, 7) is 4.12. The number of aliphatic imine (C=N–C) groups is 1. The number of carbonyl (C=O) groups excluding carboxylic acids is 1. The van der Waals surface area contributed by atoms with Gasteiger partial charge in [-0.15, -0.1) is 0 Å². The van der Waals surface area contributed by atoms with Gasteiger partial charge in [0.25, 0.3) is 0 Å². The van der Waals surface area contributed by atoms with Crippen LogP contribution in [0.2, 0.25) is 0 Å². The molecule has 0 rings (SSSR count). The number of hydrogen-bond donors (Lipinski definition) is 0. The van der Waals surface area contributed by atoms with Gasteiger partial charge in [0.05, 0.1) is 25.4 Å². The molecule has 4 heteroatoms. The highest BCUT2D eigenvalue weighted by Gasteiger charge is 2.07. The third-order valence-electron chi connectivity index (χ3n) is 1.32. The molecule has 13 heavy (non-hydrogen) atoms. The molecular formula is C9H18N2O2. The first-order valence-electron chi connectivity index (χ1n) is 4.41. The lowest BCUT2D eigenvalue weighted by Gasteiger charge is -2.07. The Morgan fingerprint density at radius 2 is 2.23 bits per heavy atom. The molecule has 0 aliphatic carbocycles. The normalized spacial score (nSPS) is 12.9. The zero-order valence-electron chi connectivity index (χ0n) is 8.78. The molecule has 0 N–H and O–H groups in total. The van der Waals surface area contributed by atoms with E-state index in [1.165, 1.54) is 0 Å². The van der Waals surface area contributed by atoms with Crippen molar-refractivity contribution in [2.75, 3.05) is 20.7 Å². The average molecular weight is 186 g/mol. The summed E-state index contributed by atoms with van der Waals surface area (Å²) in [5, 5.41) is 0. The summed E-state index contributed by atoms with van der Waals surface area (Å²) >= 11 is 0. The molecule has 1 atom stereocenters. The van der Waals surface area contributed by atoms with Crippen molar-refractivity contribution in [1.82, 2.24) is 4.90 Å². The molecule has 0 bridgehead atoms. The van der Waals surface area contributed by atoms with Crippen molar-refractivity contribution < 1.29 is 9.53 Å². The van der Waals surface area contributed by atoms with Crippen molar-refractivity contribution in [2.24, 2.45) is 4.99 Å². The number of rotatable bonds is 5. The maximum atomic E-state index is 11.0. The molecule has 0 aromatic heterocycles. The third-order valence-corrected chi connectivity index (χ3v) is 1.32. The fraction of sp³-hybridized carbons (Fsp3) is 0.778. The lowest BCUT2D eigenvalue weighted by atomic mass is 10.2. The van der Waals surface area contributed by atoms with E-state index in [1.807, 2.05) is 25.9 Å². The summed E-state index contributed by atoms with van der Waals surface area (Å²) in [7, 11) is 3.78. The maximum Gasteiger partial charge on any atom is 0.307 e. The van der Waals surface area contributed by atoms with Gasteiger partial charge >= 0.3 is 5.97 Å². The average Bonchev–Trinajstić information content (AvgIpc) is 2.01. The number of hydrogen-bond acceptors (Lipinski definition) is 3. The molecule has 0 saturated heterocycles. The van der Waals surface area contributed by atoms with Crippen LogP contribution in [-0.4, -0.2) is 44.0 Å². The van der Waals surface area contributed by atoms with Crippen molar-refractivity contribution in [1.29, 1.82) is 0 Å². The zero-order chi connectivity index (χ0) is 10.3. The van der Waals surface area contributed by atoms with E-state index in [2.05, 4.69) is 4.99 Å². The van der Waals surface area contributed by atoms with E-state index >= 15 is 0 Å². The third kappa shape index (κ3) is 7.31. The first-order chi connectivity index (χ1) is 6.06. The molecule has 0 aromatic rings. The highest BCUT2D eigenvalue weighted by atomic mass is 16.5. The number of carbonyl (C=O) groups is 1. The molecule has 0 aromatic carbocycles. The predicted molar refractivity (Wildman–Crippen MR) is 52.9 cm³/mol. The zero-order valence-corrected chi connectivity index (χ0v) is 8.78. The van der Waals surface area contributed by atoms with Crippen LogP contribution in [0.3, 0.4) is 0 Å². The summed E-state index contributed by atoms with van der Waals surface area (Å²) in [6, 6.07) is -0.0125. The van der Waals surface area contributed by atoms with Crippen LogP contribution in [0, 0.1) is 0 Å². The minimum atomic E-state index is -0.189. The van der Waals surface area contributed by atoms with Gasteiger partial charge < -0.3 is 9.64 Å². The Hall–Kier alpha value is -1.06. The second-order valence-electron chi connectivity index (χ2n) is 3.09. The van der Waals surface area contributed by atoms with Gasteiger partial charge in [0.2, 0.25) is 0 Å². The van der Waals surface area contributed by atoms with Crippen LogP contribution in [0.4, 0.5) is 0 Å². The topological polar surface area (TPSA) is 41.9 Å². The summed E-state index contributed by atoms with van der Waals surface area (Å²) in [4.78, 5) is 17.0. The highest BCUT2D eigenvalue weighted by Crippen LogP contribution is 1.98. The fourth-order valence-corrected chi connectivity index (χ4v) is 0.761. The van der Waals surface area contributed by atoms with E-state index in [4.69, 9.17) is 4.74 Å². The van der Waals surface area contributed by atoms with Gasteiger partial charge in [0.15, 0.2) is 0 Å².